The third kappa shape index (κ3) is 6.36. The van der Waals surface area contributed by atoms with Gasteiger partial charge in [-0.25, -0.2) is 22.5 Å². The number of carbonyl (C=O) groups excluding carboxylic acids is 1. The highest BCUT2D eigenvalue weighted by Gasteiger charge is 2.30. The van der Waals surface area contributed by atoms with Crippen LogP contribution in [0.4, 0.5) is 17.6 Å². The number of hydrogen-bond acceptors (Lipinski definition) is 6. The van der Waals surface area contributed by atoms with Gasteiger partial charge in [0.15, 0.2) is 0 Å². The van der Waals surface area contributed by atoms with Crippen LogP contribution in [0.25, 0.3) is 5.57 Å². The lowest BCUT2D eigenvalue weighted by molar-refractivity contribution is -0.133. The number of nitrogens with zero attached hydrogens (tertiary/aromatic N) is 4. The first-order valence-corrected chi connectivity index (χ1v) is 14.2. The number of piperidine rings is 1. The normalized spacial score (nSPS) is 17.6. The van der Waals surface area contributed by atoms with Gasteiger partial charge in [-0.05, 0) is 36.6 Å². The van der Waals surface area contributed by atoms with Crippen molar-refractivity contribution in [2.75, 3.05) is 19.7 Å². The number of nitrogens with one attached hydrogen (secondary N) is 1. The topological polar surface area (TPSA) is 72.3 Å². The maximum atomic E-state index is 13.3. The van der Waals surface area contributed by atoms with Gasteiger partial charge in [-0.2, -0.15) is 5.10 Å². The van der Waals surface area contributed by atoms with Crippen LogP contribution < -0.4 is 10.1 Å². The van der Waals surface area contributed by atoms with E-state index in [9.17, 15) is 22.4 Å². The summed E-state index contributed by atoms with van der Waals surface area (Å²) in [7, 11) is 0. The second kappa shape index (κ2) is 12.5. The van der Waals surface area contributed by atoms with E-state index in [-0.39, 0.29) is 18.6 Å². The molecule has 0 aliphatic carbocycles. The van der Waals surface area contributed by atoms with Gasteiger partial charge in [-0.15, -0.1) is 17.8 Å². The first-order valence-electron chi connectivity index (χ1n) is 12.9. The highest BCUT2D eigenvalue weighted by molar-refractivity contribution is 7.09. The Morgan fingerprint density at radius 2 is 2.02 bits per heavy atom. The number of hydrogen-bond donors (Lipinski definition) is 1. The van der Waals surface area contributed by atoms with Crippen LogP contribution in [0.1, 0.15) is 71.7 Å². The second-order valence-electron chi connectivity index (χ2n) is 9.72. The van der Waals surface area contributed by atoms with E-state index in [1.54, 1.807) is 16.2 Å². The fourth-order valence-electron chi connectivity index (χ4n) is 5.09. The molecule has 1 aromatic carbocycles. The van der Waals surface area contributed by atoms with E-state index in [0.29, 0.717) is 53.9 Å². The third-order valence-corrected chi connectivity index (χ3v) is 8.50. The Morgan fingerprint density at radius 3 is 2.73 bits per heavy atom. The van der Waals surface area contributed by atoms with Crippen molar-refractivity contribution in [3.63, 3.8) is 0 Å². The van der Waals surface area contributed by atoms with Gasteiger partial charge in [0.05, 0.1) is 16.7 Å². The number of alkyl halides is 4. The highest BCUT2D eigenvalue weighted by atomic mass is 35.5. The average molecular weight is 608 g/mol. The standard InChI is InChI=1S/C28H26ClF4N5O2S/c1-2-10-40-23-5-3-4-18(29)25(23)19-11-17(13-34-19)21-15-41-28(35-21)16-6-8-37(9-7-16)24(39)14-38-22(27(32)33)12-20(36-38)26(30)31/h1,3-5,12-13,15-16,19,26-27,34H,6-11,14H2. The Bertz CT molecular complexity index is 1480. The first-order chi connectivity index (χ1) is 19.7. The third-order valence-electron chi connectivity index (χ3n) is 7.17. The molecule has 0 radical (unpaired) electrons. The van der Waals surface area contributed by atoms with Crippen LogP contribution in [0.5, 0.6) is 5.75 Å². The summed E-state index contributed by atoms with van der Waals surface area (Å²) in [5.74, 6) is 2.81. The van der Waals surface area contributed by atoms with Crippen LogP contribution in [0.2, 0.25) is 5.02 Å². The largest absolute Gasteiger partial charge is 0.481 e. The maximum absolute atomic E-state index is 13.3. The second-order valence-corrected chi connectivity index (χ2v) is 11.0. The molecule has 0 saturated carbocycles. The van der Waals surface area contributed by atoms with Gasteiger partial charge in [-0.1, -0.05) is 23.6 Å². The number of rotatable bonds is 9. The van der Waals surface area contributed by atoms with E-state index in [2.05, 4.69) is 16.3 Å². The van der Waals surface area contributed by atoms with Crippen molar-refractivity contribution in [1.29, 1.82) is 0 Å². The summed E-state index contributed by atoms with van der Waals surface area (Å²) in [6.45, 7) is 0.441. The molecule has 41 heavy (non-hydrogen) atoms. The number of halogens is 5. The number of ether oxygens (including phenoxy) is 1. The Hall–Kier alpha value is -3.56. The van der Waals surface area contributed by atoms with E-state index < -0.39 is 36.7 Å². The molecule has 5 rings (SSSR count). The van der Waals surface area contributed by atoms with E-state index in [4.69, 9.17) is 27.7 Å². The molecule has 1 atom stereocenters. The Balaban J connectivity index is 1.18. The summed E-state index contributed by atoms with van der Waals surface area (Å²) in [5.41, 5.74) is 1.27. The van der Waals surface area contributed by atoms with Gasteiger partial charge < -0.3 is 15.0 Å². The van der Waals surface area contributed by atoms with Crippen molar-refractivity contribution in [2.24, 2.45) is 0 Å². The molecule has 4 heterocycles. The van der Waals surface area contributed by atoms with Crippen LogP contribution in [-0.2, 0) is 11.3 Å². The molecular weight excluding hydrogens is 582 g/mol. The van der Waals surface area contributed by atoms with E-state index >= 15 is 0 Å². The van der Waals surface area contributed by atoms with Crippen molar-refractivity contribution in [3.05, 3.63) is 68.5 Å². The summed E-state index contributed by atoms with van der Waals surface area (Å²) < 4.78 is 58.8. The molecule has 7 nitrogen and oxygen atoms in total. The summed E-state index contributed by atoms with van der Waals surface area (Å²) in [6, 6.07) is 6.01. The summed E-state index contributed by atoms with van der Waals surface area (Å²) in [6.07, 6.45) is 3.23. The molecular formula is C28H26ClF4N5O2S. The van der Waals surface area contributed by atoms with Crippen LogP contribution in [0, 0.1) is 12.3 Å². The summed E-state index contributed by atoms with van der Waals surface area (Å²) >= 11 is 8.05. The minimum atomic E-state index is -3.01. The molecule has 2 aromatic heterocycles. The highest BCUT2D eigenvalue weighted by Crippen LogP contribution is 2.41. The smallest absolute Gasteiger partial charge is 0.282 e. The van der Waals surface area contributed by atoms with Crippen molar-refractivity contribution in [3.8, 4) is 18.1 Å². The van der Waals surface area contributed by atoms with Crippen molar-refractivity contribution in [2.45, 2.75) is 50.6 Å². The number of aromatic nitrogens is 3. The molecule has 2 aliphatic heterocycles. The number of amides is 1. The zero-order chi connectivity index (χ0) is 29.1. The Morgan fingerprint density at radius 1 is 1.24 bits per heavy atom. The quantitative estimate of drug-likeness (QED) is 0.226. The molecule has 1 fully saturated rings. The zero-order valence-electron chi connectivity index (χ0n) is 21.7. The number of benzene rings is 1. The van der Waals surface area contributed by atoms with Crippen LogP contribution in [0.3, 0.4) is 0 Å². The molecule has 1 N–H and O–H groups in total. The van der Waals surface area contributed by atoms with E-state index in [1.165, 1.54) is 0 Å². The van der Waals surface area contributed by atoms with Gasteiger partial charge in [0.2, 0.25) is 5.91 Å². The minimum absolute atomic E-state index is 0.0944. The molecule has 1 saturated heterocycles. The lowest BCUT2D eigenvalue weighted by Crippen LogP contribution is -2.40. The fraction of sp³-hybridized carbons (Fsp3) is 0.393. The Kier molecular flexibility index (Phi) is 8.85. The van der Waals surface area contributed by atoms with Crippen molar-refractivity contribution < 1.29 is 27.1 Å². The summed E-state index contributed by atoms with van der Waals surface area (Å²) in [4.78, 5) is 19.2. The average Bonchev–Trinajstić information content (AvgIpc) is 3.72. The molecule has 0 spiro atoms. The molecule has 1 amide bonds. The van der Waals surface area contributed by atoms with Gasteiger partial charge in [0.1, 0.15) is 30.3 Å². The Labute approximate surface area is 243 Å². The summed E-state index contributed by atoms with van der Waals surface area (Å²) in [5, 5.41) is 10.4. The predicted octanol–water partition coefficient (Wildman–Crippen LogP) is 6.36. The van der Waals surface area contributed by atoms with E-state index in [0.717, 1.165) is 21.8 Å². The predicted molar refractivity (Wildman–Crippen MR) is 147 cm³/mol. The van der Waals surface area contributed by atoms with Gasteiger partial charge in [0, 0.05) is 47.6 Å². The number of carbonyl (C=O) groups is 1. The lowest BCUT2D eigenvalue weighted by Gasteiger charge is -2.31. The molecule has 1 unspecified atom stereocenters. The van der Waals surface area contributed by atoms with Crippen LogP contribution in [-0.4, -0.2) is 45.3 Å². The van der Waals surface area contributed by atoms with Gasteiger partial charge >= 0.3 is 0 Å². The number of thiazole rings is 1. The molecule has 13 heteroatoms. The van der Waals surface area contributed by atoms with Crippen molar-refractivity contribution in [1.82, 2.24) is 25.0 Å². The van der Waals surface area contributed by atoms with Crippen LogP contribution in [0.15, 0.2) is 35.8 Å². The number of terminal acetylenes is 1. The molecule has 3 aromatic rings. The molecule has 2 aliphatic rings. The van der Waals surface area contributed by atoms with Gasteiger partial charge in [-0.3, -0.25) is 9.48 Å². The minimum Gasteiger partial charge on any atom is -0.481 e. The van der Waals surface area contributed by atoms with E-state index in [1.807, 2.05) is 29.8 Å². The molecule has 216 valence electrons. The lowest BCUT2D eigenvalue weighted by atomic mass is 9.97. The SMILES string of the molecule is C#CCOc1cccc(Cl)c1C1CC(c2csc(C3CCN(C(=O)Cn4nc(C(F)F)cc4C(F)F)CC3)n2)=CN1. The molecule has 0 bridgehead atoms. The maximum Gasteiger partial charge on any atom is 0.282 e. The van der Waals surface area contributed by atoms with Crippen LogP contribution >= 0.6 is 22.9 Å². The first kappa shape index (κ1) is 29.0. The monoisotopic (exact) mass is 607 g/mol. The fourth-order valence-corrected chi connectivity index (χ4v) is 6.40. The number of likely N-dealkylation sites (tertiary alicyclic amines) is 1. The van der Waals surface area contributed by atoms with Crippen molar-refractivity contribution >= 4 is 34.4 Å². The van der Waals surface area contributed by atoms with Gasteiger partial charge in [0.25, 0.3) is 12.9 Å². The zero-order valence-corrected chi connectivity index (χ0v) is 23.3.